The maximum Gasteiger partial charge on any atom is 0.249 e. The van der Waals surface area contributed by atoms with Gasteiger partial charge in [-0.25, -0.2) is 4.98 Å². The highest BCUT2D eigenvalue weighted by Gasteiger charge is 2.41. The topological polar surface area (TPSA) is 103 Å². The van der Waals surface area contributed by atoms with Gasteiger partial charge >= 0.3 is 0 Å². The molecule has 39 heavy (non-hydrogen) atoms. The van der Waals surface area contributed by atoms with E-state index in [1.807, 2.05) is 18.2 Å². The SMILES string of the molecule is CC[C@H]1C(=O)N(C)c2cnc(Nc3ccc(CC(=O)NC4CCN(C)CC4)cc3OC)nc2N1C1CCCC1. The van der Waals surface area contributed by atoms with Crippen LogP contribution < -0.4 is 25.2 Å². The van der Waals surface area contributed by atoms with Crippen molar-refractivity contribution >= 4 is 35.0 Å². The van der Waals surface area contributed by atoms with E-state index in [-0.39, 0.29) is 23.9 Å². The third-order valence-corrected chi connectivity index (χ3v) is 8.37. The van der Waals surface area contributed by atoms with Crippen LogP contribution in [0.15, 0.2) is 24.4 Å². The van der Waals surface area contributed by atoms with E-state index in [1.165, 1.54) is 12.8 Å². The van der Waals surface area contributed by atoms with E-state index in [0.717, 1.165) is 67.9 Å². The van der Waals surface area contributed by atoms with Crippen molar-refractivity contribution in [3.8, 4) is 5.75 Å². The van der Waals surface area contributed by atoms with Crippen LogP contribution in [0.25, 0.3) is 0 Å². The summed E-state index contributed by atoms with van der Waals surface area (Å²) in [6.07, 6.45) is 9.21. The predicted octanol–water partition coefficient (Wildman–Crippen LogP) is 3.49. The van der Waals surface area contributed by atoms with Gasteiger partial charge in [-0.15, -0.1) is 0 Å². The molecule has 1 aliphatic carbocycles. The summed E-state index contributed by atoms with van der Waals surface area (Å²) in [6.45, 7) is 4.08. The second kappa shape index (κ2) is 11.8. The normalized spacial score (nSPS) is 20.7. The van der Waals surface area contributed by atoms with Gasteiger partial charge in [0.1, 0.15) is 17.5 Å². The lowest BCUT2D eigenvalue weighted by Gasteiger charge is -2.43. The molecule has 1 aromatic carbocycles. The van der Waals surface area contributed by atoms with Crippen LogP contribution in [0.4, 0.5) is 23.1 Å². The Morgan fingerprint density at radius 2 is 1.87 bits per heavy atom. The number of carbonyl (C=O) groups is 2. The first-order valence-electron chi connectivity index (χ1n) is 14.2. The molecule has 3 aliphatic rings. The molecule has 1 aromatic heterocycles. The smallest absolute Gasteiger partial charge is 0.249 e. The Morgan fingerprint density at radius 3 is 2.56 bits per heavy atom. The third-order valence-electron chi connectivity index (χ3n) is 8.37. The standard InChI is InChI=1S/C29H41N7O3/c1-5-23-28(38)35(3)24-18-30-29(33-27(24)36(23)21-8-6-7-9-21)32-22-11-10-19(16-25(22)39-4)17-26(37)31-20-12-14-34(2)15-13-20/h10-11,16,18,20-21,23H,5-9,12-15,17H2,1-4H3,(H,31,37)(H,30,32,33)/t23-/m0/s1. The molecule has 2 aliphatic heterocycles. The van der Waals surface area contributed by atoms with Gasteiger partial charge in [-0.2, -0.15) is 4.98 Å². The summed E-state index contributed by atoms with van der Waals surface area (Å²) in [5, 5.41) is 6.49. The summed E-state index contributed by atoms with van der Waals surface area (Å²) in [5.74, 6) is 1.99. The number of piperidine rings is 1. The van der Waals surface area contributed by atoms with Crippen molar-refractivity contribution in [3.05, 3.63) is 30.0 Å². The Balaban J connectivity index is 1.33. The summed E-state index contributed by atoms with van der Waals surface area (Å²) in [6, 6.07) is 6.05. The number of amides is 2. The molecule has 1 atom stereocenters. The van der Waals surface area contributed by atoms with E-state index in [9.17, 15) is 9.59 Å². The van der Waals surface area contributed by atoms with Gasteiger partial charge in [0.15, 0.2) is 5.82 Å². The van der Waals surface area contributed by atoms with Crippen molar-refractivity contribution < 1.29 is 14.3 Å². The molecule has 1 saturated carbocycles. The Hall–Kier alpha value is -3.40. The predicted molar refractivity (Wildman–Crippen MR) is 153 cm³/mol. The average Bonchev–Trinajstić information content (AvgIpc) is 3.47. The minimum Gasteiger partial charge on any atom is -0.495 e. The van der Waals surface area contributed by atoms with E-state index in [1.54, 1.807) is 25.3 Å². The lowest BCUT2D eigenvalue weighted by atomic mass is 10.0. The van der Waals surface area contributed by atoms with E-state index in [0.29, 0.717) is 24.2 Å². The van der Waals surface area contributed by atoms with Gasteiger partial charge in [-0.05, 0) is 69.9 Å². The molecule has 10 heteroatoms. The summed E-state index contributed by atoms with van der Waals surface area (Å²) in [4.78, 5) is 41.5. The van der Waals surface area contributed by atoms with E-state index in [2.05, 4.69) is 39.4 Å². The fraction of sp³-hybridized carbons (Fsp3) is 0.586. The van der Waals surface area contributed by atoms with E-state index in [4.69, 9.17) is 9.72 Å². The summed E-state index contributed by atoms with van der Waals surface area (Å²) in [7, 11) is 5.53. The molecule has 2 N–H and O–H groups in total. The van der Waals surface area contributed by atoms with Crippen LogP contribution in [-0.4, -0.2) is 79.1 Å². The zero-order chi connectivity index (χ0) is 27.5. The molecule has 0 bridgehead atoms. The number of benzene rings is 1. The lowest BCUT2D eigenvalue weighted by Crippen LogP contribution is -2.55. The summed E-state index contributed by atoms with van der Waals surface area (Å²) >= 11 is 0. The number of aromatic nitrogens is 2. The molecule has 2 aromatic rings. The molecule has 1 saturated heterocycles. The van der Waals surface area contributed by atoms with Crippen LogP contribution in [0.3, 0.4) is 0 Å². The number of likely N-dealkylation sites (tertiary alicyclic amines) is 1. The second-order valence-electron chi connectivity index (χ2n) is 11.1. The molecule has 2 amide bonds. The van der Waals surface area contributed by atoms with Crippen LogP contribution in [-0.2, 0) is 16.0 Å². The number of methoxy groups -OCH3 is 1. The Labute approximate surface area is 231 Å². The number of nitrogens with one attached hydrogen (secondary N) is 2. The highest BCUT2D eigenvalue weighted by atomic mass is 16.5. The second-order valence-corrected chi connectivity index (χ2v) is 11.1. The Bertz CT molecular complexity index is 1190. The van der Waals surface area contributed by atoms with Crippen molar-refractivity contribution in [2.24, 2.45) is 0 Å². The molecular formula is C29H41N7O3. The fourth-order valence-corrected chi connectivity index (χ4v) is 6.13. The highest BCUT2D eigenvalue weighted by Crippen LogP contribution is 2.40. The number of hydrogen-bond acceptors (Lipinski definition) is 8. The first-order chi connectivity index (χ1) is 18.9. The van der Waals surface area contributed by atoms with E-state index >= 15 is 0 Å². The molecule has 5 rings (SSSR count). The molecule has 2 fully saturated rings. The monoisotopic (exact) mass is 535 g/mol. The molecule has 3 heterocycles. The van der Waals surface area contributed by atoms with Gasteiger partial charge < -0.3 is 30.1 Å². The zero-order valence-corrected chi connectivity index (χ0v) is 23.6. The number of anilines is 4. The molecule has 0 radical (unpaired) electrons. The number of carbonyl (C=O) groups excluding carboxylic acids is 2. The van der Waals surface area contributed by atoms with Crippen LogP contribution >= 0.6 is 0 Å². The maximum atomic E-state index is 13.1. The number of hydrogen-bond donors (Lipinski definition) is 2. The minimum absolute atomic E-state index is 0.0292. The van der Waals surface area contributed by atoms with Gasteiger partial charge in [0.2, 0.25) is 17.8 Å². The van der Waals surface area contributed by atoms with Gasteiger partial charge in [0.25, 0.3) is 0 Å². The molecule has 210 valence electrons. The van der Waals surface area contributed by atoms with Crippen molar-refractivity contribution in [3.63, 3.8) is 0 Å². The van der Waals surface area contributed by atoms with Gasteiger partial charge in [-0.3, -0.25) is 9.59 Å². The van der Waals surface area contributed by atoms with Crippen molar-refractivity contribution in [1.82, 2.24) is 20.2 Å². The number of likely N-dealkylation sites (N-methyl/N-ethyl adjacent to an activating group) is 1. The van der Waals surface area contributed by atoms with Gasteiger partial charge in [-0.1, -0.05) is 25.8 Å². The van der Waals surface area contributed by atoms with Gasteiger partial charge in [0.05, 0.1) is 25.4 Å². The zero-order valence-electron chi connectivity index (χ0n) is 23.6. The first kappa shape index (κ1) is 27.2. The summed E-state index contributed by atoms with van der Waals surface area (Å²) < 4.78 is 5.66. The summed E-state index contributed by atoms with van der Waals surface area (Å²) in [5.41, 5.74) is 2.34. The van der Waals surface area contributed by atoms with Crippen molar-refractivity contribution in [2.45, 2.75) is 76.4 Å². The minimum atomic E-state index is -0.220. The molecular weight excluding hydrogens is 494 g/mol. The number of nitrogens with zero attached hydrogens (tertiary/aromatic N) is 5. The van der Waals surface area contributed by atoms with Crippen LogP contribution in [0.5, 0.6) is 5.75 Å². The number of rotatable bonds is 8. The number of fused-ring (bicyclic) bond motifs is 1. The third kappa shape index (κ3) is 5.80. The fourth-order valence-electron chi connectivity index (χ4n) is 6.13. The highest BCUT2D eigenvalue weighted by molar-refractivity contribution is 6.04. The molecule has 0 spiro atoms. The van der Waals surface area contributed by atoms with E-state index < -0.39 is 0 Å². The molecule has 0 unspecified atom stereocenters. The largest absolute Gasteiger partial charge is 0.495 e. The Morgan fingerprint density at radius 1 is 1.13 bits per heavy atom. The van der Waals surface area contributed by atoms with Crippen molar-refractivity contribution in [2.75, 3.05) is 49.4 Å². The van der Waals surface area contributed by atoms with Crippen LogP contribution in [0.2, 0.25) is 0 Å². The average molecular weight is 536 g/mol. The van der Waals surface area contributed by atoms with Crippen molar-refractivity contribution in [1.29, 1.82) is 0 Å². The first-order valence-corrected chi connectivity index (χ1v) is 14.2. The van der Waals surface area contributed by atoms with Crippen LogP contribution in [0, 0.1) is 0 Å². The van der Waals surface area contributed by atoms with Gasteiger partial charge in [0, 0.05) is 19.1 Å². The Kier molecular flexibility index (Phi) is 8.20. The number of ether oxygens (including phenoxy) is 1. The van der Waals surface area contributed by atoms with Crippen LogP contribution in [0.1, 0.15) is 57.4 Å². The maximum absolute atomic E-state index is 13.1. The quantitative estimate of drug-likeness (QED) is 0.530. The molecule has 10 nitrogen and oxygen atoms in total. The lowest BCUT2D eigenvalue weighted by molar-refractivity contribution is -0.121.